The lowest BCUT2D eigenvalue weighted by molar-refractivity contribution is -0.113. The third-order valence-corrected chi connectivity index (χ3v) is 5.42. The van der Waals surface area contributed by atoms with Crippen LogP contribution in [0.1, 0.15) is 0 Å². The number of hydrogen-bond acceptors (Lipinski definition) is 8. The Hall–Kier alpha value is -3.46. The van der Waals surface area contributed by atoms with Crippen LogP contribution in [0.3, 0.4) is 0 Å². The molecule has 0 aliphatic carbocycles. The Morgan fingerprint density at radius 3 is 2.58 bits per heavy atom. The summed E-state index contributed by atoms with van der Waals surface area (Å²) in [5, 5.41) is 12.0. The summed E-state index contributed by atoms with van der Waals surface area (Å²) in [6, 6.07) is 14.5. The number of hydrogen-bond donors (Lipinski definition) is 1. The molecule has 0 saturated carbocycles. The number of thioether (sulfide) groups is 1. The number of rotatable bonds is 7. The molecule has 1 aliphatic rings. The largest absolute Gasteiger partial charge is 0.497 e. The summed E-state index contributed by atoms with van der Waals surface area (Å²) in [6.45, 7) is 1.03. The first-order valence-corrected chi connectivity index (χ1v) is 10.5. The highest BCUT2D eigenvalue weighted by Gasteiger charge is 2.14. The molecule has 8 nitrogen and oxygen atoms in total. The molecule has 1 aromatic heterocycles. The fourth-order valence-corrected chi connectivity index (χ4v) is 3.62. The van der Waals surface area contributed by atoms with Crippen molar-refractivity contribution in [2.45, 2.75) is 5.03 Å². The summed E-state index contributed by atoms with van der Waals surface area (Å²) >= 11 is 1.30. The van der Waals surface area contributed by atoms with Gasteiger partial charge in [-0.05, 0) is 36.4 Å². The first kappa shape index (κ1) is 20.8. The van der Waals surface area contributed by atoms with Gasteiger partial charge in [-0.1, -0.05) is 11.8 Å². The fourth-order valence-electron chi connectivity index (χ4n) is 3.01. The third kappa shape index (κ3) is 5.00. The summed E-state index contributed by atoms with van der Waals surface area (Å²) in [6.07, 6.45) is 0. The zero-order valence-electron chi connectivity index (χ0n) is 17.1. The topological polar surface area (TPSA) is 91.8 Å². The maximum absolute atomic E-state index is 12.3. The molecule has 3 aromatic rings. The van der Waals surface area contributed by atoms with Gasteiger partial charge < -0.3 is 24.3 Å². The standard InChI is InChI=1S/C22H21N3O5S/c1-27-15-4-5-16(19(12-15)28-2)17-6-8-22(25-24-17)31-13-21(26)23-14-3-7-18-20(11-14)30-10-9-29-18/h3-8,11-12H,9-10,13H2,1-2H3,(H,23,26). The molecule has 2 aromatic carbocycles. The third-order valence-electron chi connectivity index (χ3n) is 4.50. The zero-order valence-corrected chi connectivity index (χ0v) is 17.9. The summed E-state index contributed by atoms with van der Waals surface area (Å²) in [5.41, 5.74) is 2.14. The highest BCUT2D eigenvalue weighted by atomic mass is 32.2. The summed E-state index contributed by atoms with van der Waals surface area (Å²) < 4.78 is 21.7. The minimum atomic E-state index is -0.149. The molecule has 0 bridgehead atoms. The fraction of sp³-hybridized carbons (Fsp3) is 0.227. The molecule has 1 amide bonds. The van der Waals surface area contributed by atoms with Crippen LogP contribution in [-0.4, -0.2) is 49.3 Å². The number of ether oxygens (including phenoxy) is 4. The van der Waals surface area contributed by atoms with Crippen LogP contribution in [-0.2, 0) is 4.79 Å². The van der Waals surface area contributed by atoms with Gasteiger partial charge in [0.2, 0.25) is 5.91 Å². The van der Waals surface area contributed by atoms with E-state index in [9.17, 15) is 4.79 Å². The van der Waals surface area contributed by atoms with E-state index in [1.807, 2.05) is 24.3 Å². The van der Waals surface area contributed by atoms with Gasteiger partial charge in [-0.15, -0.1) is 10.2 Å². The lowest BCUT2D eigenvalue weighted by Gasteiger charge is -2.18. The number of carbonyl (C=O) groups is 1. The second-order valence-electron chi connectivity index (χ2n) is 6.52. The van der Waals surface area contributed by atoms with Crippen molar-refractivity contribution in [2.24, 2.45) is 0 Å². The number of nitrogens with zero attached hydrogens (tertiary/aromatic N) is 2. The van der Waals surface area contributed by atoms with Gasteiger partial charge >= 0.3 is 0 Å². The van der Waals surface area contributed by atoms with Crippen LogP contribution in [0, 0.1) is 0 Å². The van der Waals surface area contributed by atoms with Crippen LogP contribution in [0.4, 0.5) is 5.69 Å². The summed E-state index contributed by atoms with van der Waals surface area (Å²) in [5.74, 6) is 2.71. The van der Waals surface area contributed by atoms with Gasteiger partial charge in [0, 0.05) is 23.4 Å². The van der Waals surface area contributed by atoms with Crippen molar-refractivity contribution in [3.05, 3.63) is 48.5 Å². The SMILES string of the molecule is COc1ccc(-c2ccc(SCC(=O)Nc3ccc4c(c3)OCCO4)nn2)c(OC)c1. The number of amides is 1. The lowest BCUT2D eigenvalue weighted by Crippen LogP contribution is -2.17. The van der Waals surface area contributed by atoms with Crippen LogP contribution in [0.2, 0.25) is 0 Å². The molecule has 0 spiro atoms. The Kier molecular flexibility index (Phi) is 6.42. The van der Waals surface area contributed by atoms with Crippen molar-refractivity contribution >= 4 is 23.4 Å². The van der Waals surface area contributed by atoms with Crippen LogP contribution in [0.15, 0.2) is 53.6 Å². The van der Waals surface area contributed by atoms with Gasteiger partial charge in [-0.2, -0.15) is 0 Å². The highest BCUT2D eigenvalue weighted by Crippen LogP contribution is 2.33. The van der Waals surface area contributed by atoms with Crippen molar-refractivity contribution in [1.82, 2.24) is 10.2 Å². The summed E-state index contributed by atoms with van der Waals surface area (Å²) in [7, 11) is 3.19. The molecule has 31 heavy (non-hydrogen) atoms. The van der Waals surface area contributed by atoms with Gasteiger partial charge in [-0.3, -0.25) is 4.79 Å². The molecule has 160 valence electrons. The van der Waals surface area contributed by atoms with Gasteiger partial charge in [0.1, 0.15) is 29.7 Å². The summed E-state index contributed by atoms with van der Waals surface area (Å²) in [4.78, 5) is 12.3. The molecule has 0 unspecified atom stereocenters. The molecule has 0 fully saturated rings. The van der Waals surface area contributed by atoms with E-state index in [0.717, 1.165) is 5.56 Å². The molecule has 1 aliphatic heterocycles. The smallest absolute Gasteiger partial charge is 0.234 e. The van der Waals surface area contributed by atoms with E-state index in [1.165, 1.54) is 11.8 Å². The van der Waals surface area contributed by atoms with Gasteiger partial charge in [-0.25, -0.2) is 0 Å². The predicted molar refractivity (Wildman–Crippen MR) is 117 cm³/mol. The average molecular weight is 439 g/mol. The van der Waals surface area contributed by atoms with Crippen molar-refractivity contribution in [2.75, 3.05) is 38.5 Å². The van der Waals surface area contributed by atoms with Crippen LogP contribution < -0.4 is 24.3 Å². The Labute approximate surface area is 183 Å². The molecular weight excluding hydrogens is 418 g/mol. The van der Waals surface area contributed by atoms with Gasteiger partial charge in [0.05, 0.1) is 25.7 Å². The molecule has 4 rings (SSSR count). The van der Waals surface area contributed by atoms with E-state index in [1.54, 1.807) is 38.5 Å². The maximum atomic E-state index is 12.3. The maximum Gasteiger partial charge on any atom is 0.234 e. The zero-order chi connectivity index (χ0) is 21.6. The highest BCUT2D eigenvalue weighted by molar-refractivity contribution is 7.99. The monoisotopic (exact) mass is 439 g/mol. The molecule has 1 N–H and O–H groups in total. The van der Waals surface area contributed by atoms with E-state index >= 15 is 0 Å². The van der Waals surface area contributed by atoms with Gasteiger partial charge in [0.25, 0.3) is 0 Å². The Morgan fingerprint density at radius 2 is 1.84 bits per heavy atom. The molecule has 0 atom stereocenters. The van der Waals surface area contributed by atoms with E-state index in [2.05, 4.69) is 15.5 Å². The molecule has 0 radical (unpaired) electrons. The quantitative estimate of drug-likeness (QED) is 0.558. The van der Waals surface area contributed by atoms with E-state index in [4.69, 9.17) is 18.9 Å². The number of benzene rings is 2. The van der Waals surface area contributed by atoms with Crippen LogP contribution in [0.5, 0.6) is 23.0 Å². The van der Waals surface area contributed by atoms with E-state index in [0.29, 0.717) is 52.6 Å². The predicted octanol–water partition coefficient (Wildman–Crippen LogP) is 3.66. The van der Waals surface area contributed by atoms with Crippen molar-refractivity contribution in [3.63, 3.8) is 0 Å². The number of carbonyl (C=O) groups excluding carboxylic acids is 1. The van der Waals surface area contributed by atoms with Crippen LogP contribution in [0.25, 0.3) is 11.3 Å². The molecule has 0 saturated heterocycles. The first-order chi connectivity index (χ1) is 15.2. The van der Waals surface area contributed by atoms with Crippen molar-refractivity contribution in [1.29, 1.82) is 0 Å². The van der Waals surface area contributed by atoms with Crippen molar-refractivity contribution in [3.8, 4) is 34.3 Å². The van der Waals surface area contributed by atoms with Crippen LogP contribution >= 0.6 is 11.8 Å². The normalized spacial score (nSPS) is 12.2. The molecular formula is C22H21N3O5S. The van der Waals surface area contributed by atoms with E-state index in [-0.39, 0.29) is 11.7 Å². The Bertz CT molecular complexity index is 1080. The second kappa shape index (κ2) is 9.57. The number of methoxy groups -OCH3 is 2. The number of fused-ring (bicyclic) bond motifs is 1. The second-order valence-corrected chi connectivity index (χ2v) is 7.51. The lowest BCUT2D eigenvalue weighted by atomic mass is 10.1. The Morgan fingerprint density at radius 1 is 1.00 bits per heavy atom. The van der Waals surface area contributed by atoms with Gasteiger partial charge in [0.15, 0.2) is 11.5 Å². The Balaban J connectivity index is 1.36. The first-order valence-electron chi connectivity index (χ1n) is 9.54. The molecule has 2 heterocycles. The number of aromatic nitrogens is 2. The van der Waals surface area contributed by atoms with Crippen molar-refractivity contribution < 1.29 is 23.7 Å². The minimum Gasteiger partial charge on any atom is -0.497 e. The van der Waals surface area contributed by atoms with E-state index < -0.39 is 0 Å². The number of anilines is 1. The minimum absolute atomic E-state index is 0.149. The number of nitrogens with one attached hydrogen (secondary N) is 1. The molecule has 9 heteroatoms. The average Bonchev–Trinajstić information content (AvgIpc) is 2.82.